The molecule has 1 saturated heterocycles. The molecule has 0 radical (unpaired) electrons. The lowest BCUT2D eigenvalue weighted by atomic mass is 9.64. The fourth-order valence-electron chi connectivity index (χ4n) is 3.07. The van der Waals surface area contributed by atoms with Gasteiger partial charge in [0.15, 0.2) is 0 Å². The van der Waals surface area contributed by atoms with E-state index in [1.54, 1.807) is 0 Å². The van der Waals surface area contributed by atoms with Crippen LogP contribution in [0.25, 0.3) is 0 Å². The summed E-state index contributed by atoms with van der Waals surface area (Å²) in [5.74, 6) is -0.198. The SMILES string of the molecule is CCOC(=O)[C@H]1C(C)(C)CC[C@H]2O[C@]21C. The van der Waals surface area contributed by atoms with Gasteiger partial charge in [-0.2, -0.15) is 0 Å². The lowest BCUT2D eigenvalue weighted by Crippen LogP contribution is -2.46. The lowest BCUT2D eigenvalue weighted by molar-refractivity contribution is -0.156. The fraction of sp³-hybridized carbons (Fsp3) is 0.917. The molecular formula is C12H20O3. The second kappa shape index (κ2) is 3.21. The van der Waals surface area contributed by atoms with Crippen LogP contribution in [-0.4, -0.2) is 24.3 Å². The van der Waals surface area contributed by atoms with Crippen molar-refractivity contribution in [2.24, 2.45) is 11.3 Å². The molecular weight excluding hydrogens is 192 g/mol. The molecule has 1 aliphatic carbocycles. The van der Waals surface area contributed by atoms with Gasteiger partial charge >= 0.3 is 5.97 Å². The molecule has 1 aliphatic heterocycles. The summed E-state index contributed by atoms with van der Waals surface area (Å²) in [6.45, 7) is 8.61. The van der Waals surface area contributed by atoms with Crippen molar-refractivity contribution >= 4 is 5.97 Å². The van der Waals surface area contributed by atoms with Crippen molar-refractivity contribution < 1.29 is 14.3 Å². The number of ether oxygens (including phenoxy) is 2. The van der Waals surface area contributed by atoms with Crippen LogP contribution >= 0.6 is 0 Å². The van der Waals surface area contributed by atoms with Gasteiger partial charge in [-0.3, -0.25) is 4.79 Å². The zero-order valence-corrected chi connectivity index (χ0v) is 10.0. The minimum atomic E-state index is -0.256. The van der Waals surface area contributed by atoms with E-state index in [0.29, 0.717) is 6.61 Å². The Balaban J connectivity index is 2.21. The Bertz CT molecular complexity index is 280. The summed E-state index contributed by atoms with van der Waals surface area (Å²) in [7, 11) is 0. The third kappa shape index (κ3) is 1.57. The van der Waals surface area contributed by atoms with Gasteiger partial charge in [-0.25, -0.2) is 0 Å². The molecule has 0 aromatic carbocycles. The molecule has 1 heterocycles. The second-order valence-electron chi connectivity index (χ2n) is 5.50. The van der Waals surface area contributed by atoms with Crippen LogP contribution in [0, 0.1) is 11.3 Å². The summed E-state index contributed by atoms with van der Waals surface area (Å²) >= 11 is 0. The summed E-state index contributed by atoms with van der Waals surface area (Å²) in [6, 6.07) is 0. The molecule has 0 aromatic rings. The average Bonchev–Trinajstić information content (AvgIpc) is 2.74. The van der Waals surface area contributed by atoms with E-state index in [2.05, 4.69) is 13.8 Å². The molecule has 3 heteroatoms. The van der Waals surface area contributed by atoms with E-state index in [1.165, 1.54) is 0 Å². The maximum atomic E-state index is 12.0. The Morgan fingerprint density at radius 2 is 2.13 bits per heavy atom. The number of rotatable bonds is 2. The second-order valence-corrected chi connectivity index (χ2v) is 5.50. The first-order valence-corrected chi connectivity index (χ1v) is 5.76. The third-order valence-corrected chi connectivity index (χ3v) is 3.91. The largest absolute Gasteiger partial charge is 0.466 e. The van der Waals surface area contributed by atoms with Crippen molar-refractivity contribution in [1.82, 2.24) is 0 Å². The standard InChI is InChI=1S/C12H20O3/c1-5-14-10(13)9-11(2,3)7-6-8-12(9,4)15-8/h8-9H,5-7H2,1-4H3/t8-,9+,12-/m1/s1. The van der Waals surface area contributed by atoms with Crippen LogP contribution < -0.4 is 0 Å². The van der Waals surface area contributed by atoms with Gasteiger partial charge in [0.1, 0.15) is 5.60 Å². The molecule has 0 spiro atoms. The first-order valence-electron chi connectivity index (χ1n) is 5.76. The molecule has 0 unspecified atom stereocenters. The van der Waals surface area contributed by atoms with Crippen LogP contribution in [0.15, 0.2) is 0 Å². The molecule has 1 saturated carbocycles. The van der Waals surface area contributed by atoms with Crippen LogP contribution in [-0.2, 0) is 14.3 Å². The smallest absolute Gasteiger partial charge is 0.312 e. The molecule has 0 N–H and O–H groups in total. The van der Waals surface area contributed by atoms with Gasteiger partial charge in [-0.15, -0.1) is 0 Å². The summed E-state index contributed by atoms with van der Waals surface area (Å²) in [4.78, 5) is 12.0. The molecule has 15 heavy (non-hydrogen) atoms. The predicted molar refractivity (Wildman–Crippen MR) is 56.4 cm³/mol. The highest BCUT2D eigenvalue weighted by atomic mass is 16.6. The Morgan fingerprint density at radius 1 is 1.47 bits per heavy atom. The zero-order valence-electron chi connectivity index (χ0n) is 10.0. The van der Waals surface area contributed by atoms with Gasteiger partial charge in [0.05, 0.1) is 18.6 Å². The molecule has 2 aliphatic rings. The van der Waals surface area contributed by atoms with Crippen LogP contribution in [0.5, 0.6) is 0 Å². The quantitative estimate of drug-likeness (QED) is 0.520. The Labute approximate surface area is 91.1 Å². The van der Waals surface area contributed by atoms with Crippen molar-refractivity contribution in [3.63, 3.8) is 0 Å². The normalized spacial score (nSPS) is 41.9. The molecule has 3 atom stereocenters. The van der Waals surface area contributed by atoms with E-state index in [4.69, 9.17) is 9.47 Å². The molecule has 3 nitrogen and oxygen atoms in total. The van der Waals surface area contributed by atoms with E-state index in [-0.39, 0.29) is 29.0 Å². The van der Waals surface area contributed by atoms with E-state index in [1.807, 2.05) is 13.8 Å². The van der Waals surface area contributed by atoms with Crippen LogP contribution in [0.3, 0.4) is 0 Å². The maximum Gasteiger partial charge on any atom is 0.312 e. The minimum Gasteiger partial charge on any atom is -0.466 e. The lowest BCUT2D eigenvalue weighted by Gasteiger charge is -2.38. The number of carbonyl (C=O) groups excluding carboxylic acids is 1. The van der Waals surface area contributed by atoms with Gasteiger partial charge in [-0.05, 0) is 32.1 Å². The maximum absolute atomic E-state index is 12.0. The summed E-state index contributed by atoms with van der Waals surface area (Å²) in [6.07, 6.45) is 2.38. The first kappa shape index (κ1) is 10.9. The van der Waals surface area contributed by atoms with Crippen molar-refractivity contribution in [2.45, 2.75) is 52.2 Å². The van der Waals surface area contributed by atoms with Crippen LogP contribution in [0.4, 0.5) is 0 Å². The van der Waals surface area contributed by atoms with Crippen molar-refractivity contribution in [3.05, 3.63) is 0 Å². The molecule has 0 bridgehead atoms. The van der Waals surface area contributed by atoms with Gasteiger partial charge in [0.2, 0.25) is 0 Å². The van der Waals surface area contributed by atoms with Gasteiger partial charge in [0, 0.05) is 0 Å². The molecule has 86 valence electrons. The summed E-state index contributed by atoms with van der Waals surface area (Å²) in [5, 5.41) is 0. The van der Waals surface area contributed by atoms with E-state index >= 15 is 0 Å². The number of epoxide rings is 1. The third-order valence-electron chi connectivity index (χ3n) is 3.91. The van der Waals surface area contributed by atoms with Gasteiger partial charge in [-0.1, -0.05) is 13.8 Å². The molecule has 0 amide bonds. The molecule has 2 fully saturated rings. The minimum absolute atomic E-state index is 0.00595. The van der Waals surface area contributed by atoms with E-state index < -0.39 is 0 Å². The summed E-state index contributed by atoms with van der Waals surface area (Å²) in [5.41, 5.74) is -0.262. The fourth-order valence-corrected chi connectivity index (χ4v) is 3.07. The first-order chi connectivity index (χ1) is 6.92. The summed E-state index contributed by atoms with van der Waals surface area (Å²) < 4.78 is 10.8. The highest BCUT2D eigenvalue weighted by Gasteiger charge is 2.67. The van der Waals surface area contributed by atoms with E-state index in [0.717, 1.165) is 12.8 Å². The topological polar surface area (TPSA) is 38.8 Å². The predicted octanol–water partition coefficient (Wildman–Crippen LogP) is 2.14. The number of hydrogen-bond donors (Lipinski definition) is 0. The molecule has 2 rings (SSSR count). The Morgan fingerprint density at radius 3 is 2.73 bits per heavy atom. The zero-order chi connectivity index (χ0) is 11.3. The van der Waals surface area contributed by atoms with Gasteiger partial charge < -0.3 is 9.47 Å². The highest BCUT2D eigenvalue weighted by Crippen LogP contribution is 2.58. The highest BCUT2D eigenvalue weighted by molar-refractivity contribution is 5.76. The van der Waals surface area contributed by atoms with Gasteiger partial charge in [0.25, 0.3) is 0 Å². The average molecular weight is 212 g/mol. The number of esters is 1. The van der Waals surface area contributed by atoms with Crippen LogP contribution in [0.2, 0.25) is 0 Å². The van der Waals surface area contributed by atoms with Crippen LogP contribution in [0.1, 0.15) is 40.5 Å². The monoisotopic (exact) mass is 212 g/mol. The van der Waals surface area contributed by atoms with Crippen molar-refractivity contribution in [2.75, 3.05) is 6.61 Å². The van der Waals surface area contributed by atoms with Crippen molar-refractivity contribution in [3.8, 4) is 0 Å². The number of fused-ring (bicyclic) bond motifs is 1. The Kier molecular flexibility index (Phi) is 2.34. The van der Waals surface area contributed by atoms with Crippen molar-refractivity contribution in [1.29, 1.82) is 0 Å². The van der Waals surface area contributed by atoms with E-state index in [9.17, 15) is 4.79 Å². The molecule has 0 aromatic heterocycles. The number of carbonyl (C=O) groups is 1. The number of hydrogen-bond acceptors (Lipinski definition) is 3. The Hall–Kier alpha value is -0.570.